The zero-order chi connectivity index (χ0) is 13.8. The number of rotatable bonds is 1. The van der Waals surface area contributed by atoms with Crippen molar-refractivity contribution in [2.45, 2.75) is 6.92 Å². The molecule has 2 saturated heterocycles. The molecule has 0 N–H and O–H groups in total. The molecule has 0 unspecified atom stereocenters. The first-order valence-electron chi connectivity index (χ1n) is 7.11. The van der Waals surface area contributed by atoms with Crippen molar-refractivity contribution in [2.75, 3.05) is 66.0 Å². The minimum Gasteiger partial charge on any atom is -0.332 e. The van der Waals surface area contributed by atoms with Crippen LogP contribution in [0.1, 0.15) is 6.92 Å². The zero-order valence-electron chi connectivity index (χ0n) is 12.0. The van der Waals surface area contributed by atoms with E-state index in [1.807, 2.05) is 7.05 Å². The summed E-state index contributed by atoms with van der Waals surface area (Å²) in [6.07, 6.45) is 0. The summed E-state index contributed by atoms with van der Waals surface area (Å²) in [6, 6.07) is 0. The largest absolute Gasteiger partial charge is 0.332 e. The van der Waals surface area contributed by atoms with Crippen molar-refractivity contribution in [2.24, 2.45) is 0 Å². The van der Waals surface area contributed by atoms with Gasteiger partial charge in [0.1, 0.15) is 0 Å². The van der Waals surface area contributed by atoms with Crippen LogP contribution in [0.3, 0.4) is 0 Å². The van der Waals surface area contributed by atoms with Crippen LogP contribution in [-0.4, -0.2) is 97.4 Å². The van der Waals surface area contributed by atoms with Gasteiger partial charge >= 0.3 is 11.8 Å². The maximum absolute atomic E-state index is 12.2. The molecule has 2 aliphatic heterocycles. The standard InChI is InChI=1S/C13H24N4O2/c1-3-15-6-10-17(11-7-15)13(19)12(18)16-8-4-14(2)5-9-16/h3-11H2,1-2H3. The predicted molar refractivity (Wildman–Crippen MR) is 72.8 cm³/mol. The maximum Gasteiger partial charge on any atom is 0.312 e. The highest BCUT2D eigenvalue weighted by Gasteiger charge is 2.30. The highest BCUT2D eigenvalue weighted by atomic mass is 16.2. The molecule has 0 saturated carbocycles. The second kappa shape index (κ2) is 6.34. The minimum atomic E-state index is -0.321. The quantitative estimate of drug-likeness (QED) is 0.568. The van der Waals surface area contributed by atoms with Gasteiger partial charge in [0.15, 0.2) is 0 Å². The molecular formula is C13H24N4O2. The fraction of sp³-hybridized carbons (Fsp3) is 0.846. The van der Waals surface area contributed by atoms with Gasteiger partial charge in [0.25, 0.3) is 0 Å². The van der Waals surface area contributed by atoms with Gasteiger partial charge in [-0.1, -0.05) is 6.92 Å². The molecule has 0 atom stereocenters. The van der Waals surface area contributed by atoms with E-state index >= 15 is 0 Å². The monoisotopic (exact) mass is 268 g/mol. The highest BCUT2D eigenvalue weighted by Crippen LogP contribution is 2.06. The van der Waals surface area contributed by atoms with Gasteiger partial charge in [-0.05, 0) is 13.6 Å². The van der Waals surface area contributed by atoms with E-state index in [1.54, 1.807) is 9.80 Å². The molecule has 19 heavy (non-hydrogen) atoms. The van der Waals surface area contributed by atoms with Crippen molar-refractivity contribution in [1.82, 2.24) is 19.6 Å². The van der Waals surface area contributed by atoms with E-state index in [1.165, 1.54) is 0 Å². The number of likely N-dealkylation sites (N-methyl/N-ethyl adjacent to an activating group) is 2. The van der Waals surface area contributed by atoms with Crippen molar-refractivity contribution in [3.63, 3.8) is 0 Å². The summed E-state index contributed by atoms with van der Waals surface area (Å²) in [7, 11) is 2.04. The Labute approximate surface area is 114 Å². The van der Waals surface area contributed by atoms with E-state index in [4.69, 9.17) is 0 Å². The van der Waals surface area contributed by atoms with Gasteiger partial charge in [0.05, 0.1) is 0 Å². The zero-order valence-corrected chi connectivity index (χ0v) is 12.0. The van der Waals surface area contributed by atoms with Gasteiger partial charge in [-0.15, -0.1) is 0 Å². The molecule has 0 bridgehead atoms. The molecule has 2 aliphatic rings. The van der Waals surface area contributed by atoms with Crippen molar-refractivity contribution in [3.8, 4) is 0 Å². The minimum absolute atomic E-state index is 0.319. The van der Waals surface area contributed by atoms with Crippen molar-refractivity contribution < 1.29 is 9.59 Å². The molecule has 0 aromatic rings. The molecular weight excluding hydrogens is 244 g/mol. The van der Waals surface area contributed by atoms with Gasteiger partial charge < -0.3 is 19.6 Å². The van der Waals surface area contributed by atoms with Gasteiger partial charge in [-0.3, -0.25) is 9.59 Å². The lowest BCUT2D eigenvalue weighted by Gasteiger charge is -2.36. The van der Waals surface area contributed by atoms with Crippen LogP contribution in [-0.2, 0) is 9.59 Å². The van der Waals surface area contributed by atoms with Crippen LogP contribution in [0.25, 0.3) is 0 Å². The van der Waals surface area contributed by atoms with Gasteiger partial charge in [0.2, 0.25) is 0 Å². The van der Waals surface area contributed by atoms with Crippen LogP contribution in [0.5, 0.6) is 0 Å². The third-order valence-corrected chi connectivity index (χ3v) is 4.08. The average molecular weight is 268 g/mol. The lowest BCUT2D eigenvalue weighted by Crippen LogP contribution is -2.55. The Balaban J connectivity index is 1.84. The summed E-state index contributed by atoms with van der Waals surface area (Å²) in [5.41, 5.74) is 0. The Morgan fingerprint density at radius 2 is 1.21 bits per heavy atom. The van der Waals surface area contributed by atoms with E-state index in [9.17, 15) is 9.59 Å². The van der Waals surface area contributed by atoms with Crippen LogP contribution >= 0.6 is 0 Å². The molecule has 0 spiro atoms. The fourth-order valence-corrected chi connectivity index (χ4v) is 2.55. The Bertz CT molecular complexity index is 332. The first-order chi connectivity index (χ1) is 9.11. The maximum atomic E-state index is 12.2. The van der Waals surface area contributed by atoms with Crippen molar-refractivity contribution in [1.29, 1.82) is 0 Å². The molecule has 0 radical (unpaired) electrons. The first-order valence-corrected chi connectivity index (χ1v) is 7.11. The molecule has 108 valence electrons. The Hall–Kier alpha value is -1.14. The van der Waals surface area contributed by atoms with Gasteiger partial charge in [0, 0.05) is 52.4 Å². The molecule has 0 aliphatic carbocycles. The normalized spacial score (nSPS) is 22.6. The molecule has 6 nitrogen and oxygen atoms in total. The van der Waals surface area contributed by atoms with Crippen LogP contribution in [0.15, 0.2) is 0 Å². The van der Waals surface area contributed by atoms with E-state index in [2.05, 4.69) is 16.7 Å². The number of hydrogen-bond acceptors (Lipinski definition) is 4. The van der Waals surface area contributed by atoms with E-state index in [-0.39, 0.29) is 11.8 Å². The first kappa shape index (κ1) is 14.3. The third-order valence-electron chi connectivity index (χ3n) is 4.08. The summed E-state index contributed by atoms with van der Waals surface area (Å²) in [5.74, 6) is -0.640. The number of nitrogens with zero attached hydrogens (tertiary/aromatic N) is 4. The second-order valence-corrected chi connectivity index (χ2v) is 5.32. The van der Waals surface area contributed by atoms with Gasteiger partial charge in [-0.25, -0.2) is 0 Å². The van der Waals surface area contributed by atoms with E-state index in [0.717, 1.165) is 32.7 Å². The number of piperazine rings is 2. The summed E-state index contributed by atoms with van der Waals surface area (Å²) < 4.78 is 0. The molecule has 2 heterocycles. The number of hydrogen-bond donors (Lipinski definition) is 0. The van der Waals surface area contributed by atoms with E-state index in [0.29, 0.717) is 26.2 Å². The Morgan fingerprint density at radius 1 is 0.789 bits per heavy atom. The van der Waals surface area contributed by atoms with Gasteiger partial charge in [-0.2, -0.15) is 0 Å². The summed E-state index contributed by atoms with van der Waals surface area (Å²) in [4.78, 5) is 32.2. The van der Waals surface area contributed by atoms with Crippen molar-refractivity contribution >= 4 is 11.8 Å². The van der Waals surface area contributed by atoms with Crippen LogP contribution in [0.2, 0.25) is 0 Å². The van der Waals surface area contributed by atoms with E-state index < -0.39 is 0 Å². The SMILES string of the molecule is CCN1CCN(C(=O)C(=O)N2CCN(C)CC2)CC1. The molecule has 0 aromatic heterocycles. The molecule has 2 fully saturated rings. The molecule has 2 amide bonds. The number of carbonyl (C=O) groups excluding carboxylic acids is 2. The highest BCUT2D eigenvalue weighted by molar-refractivity contribution is 6.34. The topological polar surface area (TPSA) is 47.1 Å². The number of carbonyl (C=O) groups is 2. The Morgan fingerprint density at radius 3 is 1.63 bits per heavy atom. The predicted octanol–water partition coefficient (Wildman–Crippen LogP) is -1.08. The molecule has 6 heteroatoms. The molecule has 0 aromatic carbocycles. The van der Waals surface area contributed by atoms with Crippen LogP contribution < -0.4 is 0 Å². The lowest BCUT2D eigenvalue weighted by atomic mass is 10.2. The van der Waals surface area contributed by atoms with Crippen molar-refractivity contribution in [3.05, 3.63) is 0 Å². The number of amides is 2. The summed E-state index contributed by atoms with van der Waals surface area (Å²) in [6.45, 7) is 9.24. The third kappa shape index (κ3) is 3.45. The Kier molecular flexibility index (Phi) is 4.76. The second-order valence-electron chi connectivity index (χ2n) is 5.32. The van der Waals surface area contributed by atoms with Crippen LogP contribution in [0.4, 0.5) is 0 Å². The average Bonchev–Trinajstić information content (AvgIpc) is 2.46. The smallest absolute Gasteiger partial charge is 0.312 e. The molecule has 2 rings (SSSR count). The summed E-state index contributed by atoms with van der Waals surface area (Å²) in [5, 5.41) is 0. The lowest BCUT2D eigenvalue weighted by molar-refractivity contribution is -0.153. The summed E-state index contributed by atoms with van der Waals surface area (Å²) >= 11 is 0. The fourth-order valence-electron chi connectivity index (χ4n) is 2.55. The van der Waals surface area contributed by atoms with Crippen LogP contribution in [0, 0.1) is 0 Å².